The van der Waals surface area contributed by atoms with Crippen LogP contribution >= 0.6 is 0 Å². The number of nitrogen functional groups attached to an aromatic ring is 1. The number of nitrogens with two attached hydrogens (primary N) is 1. The Labute approximate surface area is 98.7 Å². The molecule has 1 fully saturated rings. The second-order valence-electron chi connectivity index (χ2n) is 4.31. The monoisotopic (exact) mass is 240 g/mol. The molecule has 0 spiro atoms. The molecule has 1 aromatic heterocycles. The van der Waals surface area contributed by atoms with Gasteiger partial charge in [-0.3, -0.25) is 10.1 Å². The summed E-state index contributed by atoms with van der Waals surface area (Å²) in [6.07, 6.45) is 1.90. The van der Waals surface area contributed by atoms with Crippen molar-refractivity contribution in [2.45, 2.75) is 26.3 Å². The normalized spacial score (nSPS) is 17.2. The zero-order chi connectivity index (χ0) is 12.4. The third-order valence-corrected chi connectivity index (χ3v) is 3.09. The molecule has 0 aliphatic carbocycles. The summed E-state index contributed by atoms with van der Waals surface area (Å²) >= 11 is 0. The van der Waals surface area contributed by atoms with Gasteiger partial charge in [0, 0.05) is 19.8 Å². The number of aromatic nitrogens is 2. The van der Waals surface area contributed by atoms with Crippen LogP contribution < -0.4 is 5.73 Å². The van der Waals surface area contributed by atoms with E-state index in [1.807, 2.05) is 0 Å². The number of anilines is 1. The van der Waals surface area contributed by atoms with Crippen LogP contribution in [-0.4, -0.2) is 27.9 Å². The van der Waals surface area contributed by atoms with E-state index in [4.69, 9.17) is 10.5 Å². The summed E-state index contributed by atoms with van der Waals surface area (Å²) in [6, 6.07) is 0. The van der Waals surface area contributed by atoms with Crippen LogP contribution in [0, 0.1) is 23.0 Å². The predicted octanol–water partition coefficient (Wildman–Crippen LogP) is 1.11. The Hall–Kier alpha value is -1.63. The Morgan fingerprint density at radius 1 is 1.59 bits per heavy atom. The van der Waals surface area contributed by atoms with Crippen LogP contribution in [0.1, 0.15) is 18.5 Å². The summed E-state index contributed by atoms with van der Waals surface area (Å²) in [6.45, 7) is 3.72. The molecule has 0 radical (unpaired) electrons. The molecular weight excluding hydrogens is 224 g/mol. The van der Waals surface area contributed by atoms with Gasteiger partial charge in [0.2, 0.25) is 5.82 Å². The van der Waals surface area contributed by atoms with Gasteiger partial charge in [-0.05, 0) is 25.7 Å². The van der Waals surface area contributed by atoms with Gasteiger partial charge in [0.05, 0.1) is 4.92 Å². The van der Waals surface area contributed by atoms with Gasteiger partial charge in [0.25, 0.3) is 0 Å². The SMILES string of the molecule is Cc1nn(CC2CCOCC2)c(N)c1[N+](=O)[O-]. The third kappa shape index (κ3) is 2.38. The molecule has 7 heteroatoms. The largest absolute Gasteiger partial charge is 0.381 e. The van der Waals surface area contributed by atoms with E-state index in [1.54, 1.807) is 11.6 Å². The summed E-state index contributed by atoms with van der Waals surface area (Å²) in [5.74, 6) is 0.587. The summed E-state index contributed by atoms with van der Waals surface area (Å²) in [7, 11) is 0. The molecule has 1 aliphatic rings. The fourth-order valence-electron chi connectivity index (χ4n) is 2.13. The van der Waals surface area contributed by atoms with Gasteiger partial charge in [0.15, 0.2) is 0 Å². The smallest absolute Gasteiger partial charge is 0.333 e. The van der Waals surface area contributed by atoms with E-state index >= 15 is 0 Å². The molecule has 0 atom stereocenters. The molecule has 0 unspecified atom stereocenters. The van der Waals surface area contributed by atoms with Crippen molar-refractivity contribution in [3.63, 3.8) is 0 Å². The molecule has 2 N–H and O–H groups in total. The number of hydrogen-bond acceptors (Lipinski definition) is 5. The molecule has 17 heavy (non-hydrogen) atoms. The molecule has 0 bridgehead atoms. The Morgan fingerprint density at radius 2 is 2.24 bits per heavy atom. The molecule has 2 heterocycles. The fraction of sp³-hybridized carbons (Fsp3) is 0.700. The Bertz CT molecular complexity index is 423. The van der Waals surface area contributed by atoms with Crippen molar-refractivity contribution in [2.75, 3.05) is 18.9 Å². The number of ether oxygens (including phenoxy) is 1. The van der Waals surface area contributed by atoms with Gasteiger partial charge >= 0.3 is 5.69 Å². The lowest BCUT2D eigenvalue weighted by atomic mass is 10.0. The lowest BCUT2D eigenvalue weighted by molar-refractivity contribution is -0.384. The quantitative estimate of drug-likeness (QED) is 0.630. The van der Waals surface area contributed by atoms with Gasteiger partial charge in [-0.2, -0.15) is 5.10 Å². The van der Waals surface area contributed by atoms with Crippen molar-refractivity contribution >= 4 is 11.5 Å². The van der Waals surface area contributed by atoms with E-state index in [9.17, 15) is 10.1 Å². The Balaban J connectivity index is 2.15. The molecule has 0 amide bonds. The number of aryl methyl sites for hydroxylation is 1. The fourth-order valence-corrected chi connectivity index (χ4v) is 2.13. The second-order valence-corrected chi connectivity index (χ2v) is 4.31. The van der Waals surface area contributed by atoms with Crippen molar-refractivity contribution in [1.82, 2.24) is 9.78 Å². The highest BCUT2D eigenvalue weighted by Crippen LogP contribution is 2.27. The van der Waals surface area contributed by atoms with Crippen molar-refractivity contribution in [2.24, 2.45) is 5.92 Å². The summed E-state index contributed by atoms with van der Waals surface area (Å²) in [5, 5.41) is 14.9. The molecule has 7 nitrogen and oxygen atoms in total. The number of nitrogens with zero attached hydrogens (tertiary/aromatic N) is 3. The standard InChI is InChI=1S/C10H16N4O3/c1-7-9(14(15)16)10(11)13(12-7)6-8-2-4-17-5-3-8/h8H,2-6,11H2,1H3. The zero-order valence-electron chi connectivity index (χ0n) is 9.76. The average molecular weight is 240 g/mol. The molecule has 1 saturated heterocycles. The van der Waals surface area contributed by atoms with Crippen molar-refractivity contribution in [1.29, 1.82) is 0 Å². The molecule has 1 aliphatic heterocycles. The first-order valence-electron chi connectivity index (χ1n) is 5.64. The minimum absolute atomic E-state index is 0.0722. The minimum atomic E-state index is -0.474. The lowest BCUT2D eigenvalue weighted by Crippen LogP contribution is -2.21. The lowest BCUT2D eigenvalue weighted by Gasteiger charge is -2.21. The van der Waals surface area contributed by atoms with E-state index in [1.165, 1.54) is 0 Å². The first kappa shape index (κ1) is 11.8. The van der Waals surface area contributed by atoms with E-state index in [-0.39, 0.29) is 11.5 Å². The van der Waals surface area contributed by atoms with Crippen LogP contribution in [0.5, 0.6) is 0 Å². The highest BCUT2D eigenvalue weighted by atomic mass is 16.6. The highest BCUT2D eigenvalue weighted by molar-refractivity contribution is 5.55. The number of nitro groups is 1. The number of rotatable bonds is 3. The summed E-state index contributed by atoms with van der Waals surface area (Å²) < 4.78 is 6.81. The molecule has 0 saturated carbocycles. The Morgan fingerprint density at radius 3 is 2.76 bits per heavy atom. The van der Waals surface area contributed by atoms with Crippen molar-refractivity contribution in [3.8, 4) is 0 Å². The molecule has 94 valence electrons. The average Bonchev–Trinajstić information content (AvgIpc) is 2.55. The maximum Gasteiger partial charge on any atom is 0.333 e. The van der Waals surface area contributed by atoms with Gasteiger partial charge < -0.3 is 10.5 Å². The molecule has 0 aromatic carbocycles. The van der Waals surface area contributed by atoms with E-state index in [0.717, 1.165) is 26.1 Å². The van der Waals surface area contributed by atoms with Crippen molar-refractivity contribution < 1.29 is 9.66 Å². The molecule has 2 rings (SSSR count). The van der Waals surface area contributed by atoms with Gasteiger partial charge in [0.1, 0.15) is 5.69 Å². The van der Waals surface area contributed by atoms with E-state index in [0.29, 0.717) is 18.2 Å². The summed E-state index contributed by atoms with van der Waals surface area (Å²) in [5.41, 5.74) is 6.05. The first-order valence-corrected chi connectivity index (χ1v) is 5.64. The zero-order valence-corrected chi connectivity index (χ0v) is 9.76. The molecular formula is C10H16N4O3. The van der Waals surface area contributed by atoms with Crippen LogP contribution in [0.3, 0.4) is 0 Å². The van der Waals surface area contributed by atoms with Crippen LogP contribution in [-0.2, 0) is 11.3 Å². The predicted molar refractivity (Wildman–Crippen MR) is 61.6 cm³/mol. The van der Waals surface area contributed by atoms with Crippen LogP contribution in [0.25, 0.3) is 0 Å². The highest BCUT2D eigenvalue weighted by Gasteiger charge is 2.24. The van der Waals surface area contributed by atoms with Gasteiger partial charge in [-0.25, -0.2) is 4.68 Å². The van der Waals surface area contributed by atoms with Crippen LogP contribution in [0.2, 0.25) is 0 Å². The Kier molecular flexibility index (Phi) is 3.28. The van der Waals surface area contributed by atoms with Crippen molar-refractivity contribution in [3.05, 3.63) is 15.8 Å². The third-order valence-electron chi connectivity index (χ3n) is 3.09. The summed E-state index contributed by atoms with van der Waals surface area (Å²) in [4.78, 5) is 10.3. The number of hydrogen-bond donors (Lipinski definition) is 1. The second kappa shape index (κ2) is 4.70. The van der Waals surface area contributed by atoms with E-state index < -0.39 is 4.92 Å². The van der Waals surface area contributed by atoms with Gasteiger partial charge in [-0.1, -0.05) is 0 Å². The minimum Gasteiger partial charge on any atom is -0.381 e. The first-order chi connectivity index (χ1) is 8.09. The molecule has 1 aromatic rings. The maximum atomic E-state index is 10.8. The maximum absolute atomic E-state index is 10.8. The van der Waals surface area contributed by atoms with Crippen LogP contribution in [0.4, 0.5) is 11.5 Å². The van der Waals surface area contributed by atoms with Crippen LogP contribution in [0.15, 0.2) is 0 Å². The topological polar surface area (TPSA) is 96.2 Å². The van der Waals surface area contributed by atoms with E-state index in [2.05, 4.69) is 5.10 Å². The van der Waals surface area contributed by atoms with Gasteiger partial charge in [-0.15, -0.1) is 0 Å².